The second kappa shape index (κ2) is 7.81. The maximum Gasteiger partial charge on any atom is 0.269 e. The minimum absolute atomic E-state index is 0. The van der Waals surface area contributed by atoms with Gasteiger partial charge in [-0.2, -0.15) is 0 Å². The fourth-order valence-electron chi connectivity index (χ4n) is 1.29. The summed E-state index contributed by atoms with van der Waals surface area (Å²) in [6.45, 7) is 1.02. The molecule has 0 aliphatic carbocycles. The molecule has 0 saturated carbocycles. The molecule has 17 heavy (non-hydrogen) atoms. The molecule has 0 bridgehead atoms. The summed E-state index contributed by atoms with van der Waals surface area (Å²) in [6, 6.07) is 7.72. The number of benzene rings is 1. The third kappa shape index (κ3) is 4.92. The molecule has 1 aromatic carbocycles. The Morgan fingerprint density at radius 1 is 1.41 bits per heavy atom. The molecule has 2 rings (SSSR count). The van der Waals surface area contributed by atoms with Crippen LogP contribution in [0.1, 0.15) is 10.4 Å². The lowest BCUT2D eigenvalue weighted by atomic mass is 10.2. The maximum atomic E-state index is 11.8. The highest BCUT2D eigenvalue weighted by Crippen LogP contribution is 2.16. The number of nitrogens with one attached hydrogen (secondary N) is 1. The highest BCUT2D eigenvalue weighted by molar-refractivity contribution is 14.1. The van der Waals surface area contributed by atoms with Gasteiger partial charge >= 0.3 is 0 Å². The van der Waals surface area contributed by atoms with E-state index in [2.05, 4.69) is 27.6 Å². The quantitative estimate of drug-likeness (QED) is 0.450. The number of carbonyl (C=O) groups is 1. The number of carbonyl (C=O) groups excluding carboxylic acids is 1. The lowest BCUT2D eigenvalue weighted by Crippen LogP contribution is -3.00. The Kier molecular flexibility index (Phi) is 7.13. The summed E-state index contributed by atoms with van der Waals surface area (Å²) in [4.78, 5) is 15.1. The van der Waals surface area contributed by atoms with Crippen LogP contribution in [0.25, 0.3) is 0 Å². The minimum atomic E-state index is 0. The predicted octanol–water partition coefficient (Wildman–Crippen LogP) is -1.61. The van der Waals surface area contributed by atoms with Gasteiger partial charge in [-0.25, -0.2) is 4.99 Å². The lowest BCUT2D eigenvalue weighted by molar-refractivity contribution is -0.441. The number of halogens is 2. The molecule has 0 aromatic heterocycles. The highest BCUT2D eigenvalue weighted by atomic mass is 127. The van der Waals surface area contributed by atoms with Gasteiger partial charge in [0.2, 0.25) is 0 Å². The van der Waals surface area contributed by atoms with Gasteiger partial charge in [0, 0.05) is 9.13 Å². The van der Waals surface area contributed by atoms with E-state index in [0.29, 0.717) is 5.75 Å². The Labute approximate surface area is 133 Å². The zero-order valence-corrected chi connectivity index (χ0v) is 14.3. The van der Waals surface area contributed by atoms with Gasteiger partial charge in [0.1, 0.15) is 0 Å². The zero-order valence-electron chi connectivity index (χ0n) is 8.91. The first-order valence-electron chi connectivity index (χ1n) is 4.91. The van der Waals surface area contributed by atoms with Crippen molar-refractivity contribution < 1.29 is 26.8 Å². The third-order valence-corrected chi connectivity index (χ3v) is 5.16. The fourth-order valence-corrected chi connectivity index (χ4v) is 3.64. The summed E-state index contributed by atoms with van der Waals surface area (Å²) in [5.74, 6) is 1.83. The molecule has 0 amide bonds. The molecular weight excluding hydrogens is 433 g/mol. The number of thioether (sulfide) groups is 2. The Hall–Kier alpha value is 0.470. The van der Waals surface area contributed by atoms with Gasteiger partial charge < -0.3 is 17.0 Å². The van der Waals surface area contributed by atoms with Crippen molar-refractivity contribution in [3.63, 3.8) is 0 Å². The first-order chi connectivity index (χ1) is 7.75. The van der Waals surface area contributed by atoms with Gasteiger partial charge in [0.05, 0.1) is 11.5 Å². The molecule has 1 aliphatic heterocycles. The summed E-state index contributed by atoms with van der Waals surface area (Å²) in [5, 5.41) is 0. The summed E-state index contributed by atoms with van der Waals surface area (Å²) in [6.07, 6.45) is 0. The molecule has 0 unspecified atom stereocenters. The Morgan fingerprint density at radius 2 is 2.12 bits per heavy atom. The number of hydrogen-bond acceptors (Lipinski definition) is 3. The van der Waals surface area contributed by atoms with Crippen LogP contribution in [0.4, 0.5) is 0 Å². The van der Waals surface area contributed by atoms with E-state index in [9.17, 15) is 4.79 Å². The van der Waals surface area contributed by atoms with E-state index in [1.54, 1.807) is 23.5 Å². The van der Waals surface area contributed by atoms with Crippen molar-refractivity contribution in [3.8, 4) is 0 Å². The van der Waals surface area contributed by atoms with E-state index in [-0.39, 0.29) is 22.8 Å². The predicted molar refractivity (Wildman–Crippen MR) is 79.2 cm³/mol. The zero-order chi connectivity index (χ0) is 11.4. The largest absolute Gasteiger partial charge is 1.00 e. The minimum Gasteiger partial charge on any atom is -1.00 e. The third-order valence-electron chi connectivity index (χ3n) is 2.11. The van der Waals surface area contributed by atoms with Crippen LogP contribution >= 0.6 is 46.1 Å². The molecule has 6 heteroatoms. The summed E-state index contributed by atoms with van der Waals surface area (Å²) < 4.78 is 2.34. The molecule has 1 aliphatic rings. The standard InChI is InChI=1S/C11H10INOS2.BrH/c12-9-3-1-8(2-4-9)10(14)7-16-11-13-5-6-15-11;/h1-4H,5-7H2;1H. The van der Waals surface area contributed by atoms with E-state index in [0.717, 1.165) is 21.4 Å². The molecular formula is C11H11BrINOS2. The molecule has 1 N–H and O–H groups in total. The number of hydrogen-bond donors (Lipinski definition) is 1. The number of rotatable bonds is 3. The van der Waals surface area contributed by atoms with Gasteiger partial charge in [-0.1, -0.05) is 12.1 Å². The normalized spacial score (nSPS) is 14.1. The molecule has 0 spiro atoms. The molecule has 0 fully saturated rings. The Bertz CT molecular complexity index is 422. The van der Waals surface area contributed by atoms with Gasteiger partial charge in [-0.15, -0.1) is 0 Å². The fraction of sp³-hybridized carbons (Fsp3) is 0.273. The molecule has 0 radical (unpaired) electrons. The second-order valence-electron chi connectivity index (χ2n) is 3.28. The molecule has 0 atom stereocenters. The van der Waals surface area contributed by atoms with E-state index >= 15 is 0 Å². The average molecular weight is 444 g/mol. The second-order valence-corrected chi connectivity index (χ2v) is 6.88. The first-order valence-corrected chi connectivity index (χ1v) is 7.96. The van der Waals surface area contributed by atoms with Crippen LogP contribution in [0.15, 0.2) is 24.3 Å². The van der Waals surface area contributed by atoms with Crippen molar-refractivity contribution in [2.75, 3.05) is 18.1 Å². The Morgan fingerprint density at radius 3 is 2.71 bits per heavy atom. The van der Waals surface area contributed by atoms with E-state index < -0.39 is 0 Å². The maximum absolute atomic E-state index is 11.8. The molecule has 0 saturated heterocycles. The monoisotopic (exact) mass is 443 g/mol. The van der Waals surface area contributed by atoms with Gasteiger partial charge in [-0.05, 0) is 58.2 Å². The van der Waals surface area contributed by atoms with Crippen molar-refractivity contribution in [2.24, 2.45) is 0 Å². The smallest absolute Gasteiger partial charge is 0.269 e. The molecule has 92 valence electrons. The number of ketones is 1. The van der Waals surface area contributed by atoms with Gasteiger partial charge in [0.25, 0.3) is 4.38 Å². The van der Waals surface area contributed by atoms with Gasteiger partial charge in [0.15, 0.2) is 12.3 Å². The summed E-state index contributed by atoms with van der Waals surface area (Å²) in [5.41, 5.74) is 0.802. The van der Waals surface area contributed by atoms with Crippen LogP contribution in [0.5, 0.6) is 0 Å². The van der Waals surface area contributed by atoms with Crippen molar-refractivity contribution in [2.45, 2.75) is 0 Å². The highest BCUT2D eigenvalue weighted by Gasteiger charge is 2.16. The topological polar surface area (TPSA) is 31.0 Å². The Balaban J connectivity index is 0.00000144. The van der Waals surface area contributed by atoms with Crippen molar-refractivity contribution in [1.82, 2.24) is 0 Å². The van der Waals surface area contributed by atoms with Crippen LogP contribution in [0, 0.1) is 3.57 Å². The van der Waals surface area contributed by atoms with E-state index in [1.807, 2.05) is 24.3 Å². The first kappa shape index (κ1) is 15.5. The summed E-state index contributed by atoms with van der Waals surface area (Å²) >= 11 is 5.64. The van der Waals surface area contributed by atoms with Crippen LogP contribution in [0.3, 0.4) is 0 Å². The van der Waals surface area contributed by atoms with Crippen LogP contribution in [0.2, 0.25) is 0 Å². The number of Topliss-reactive ketones (excluding diaryl/α,β-unsaturated/α-hetero) is 1. The average Bonchev–Trinajstić information content (AvgIpc) is 2.80. The van der Waals surface area contributed by atoms with Crippen LogP contribution in [-0.2, 0) is 0 Å². The van der Waals surface area contributed by atoms with Crippen molar-refractivity contribution in [1.29, 1.82) is 0 Å². The van der Waals surface area contributed by atoms with Gasteiger partial charge in [-0.3, -0.25) is 4.79 Å². The van der Waals surface area contributed by atoms with Crippen LogP contribution in [-0.4, -0.2) is 28.2 Å². The molecule has 2 nitrogen and oxygen atoms in total. The van der Waals surface area contributed by atoms with Crippen molar-refractivity contribution >= 4 is 56.3 Å². The van der Waals surface area contributed by atoms with E-state index in [1.165, 1.54) is 4.38 Å². The van der Waals surface area contributed by atoms with Crippen LogP contribution < -0.4 is 22.0 Å². The SMILES string of the molecule is O=C(CSC1=[NH+]CCS1)c1ccc(I)cc1.[Br-]. The van der Waals surface area contributed by atoms with E-state index in [4.69, 9.17) is 0 Å². The van der Waals surface area contributed by atoms with Crippen molar-refractivity contribution in [3.05, 3.63) is 33.4 Å². The molecule has 1 heterocycles. The lowest BCUT2D eigenvalue weighted by Gasteiger charge is -1.98. The summed E-state index contributed by atoms with van der Waals surface area (Å²) in [7, 11) is 0. The molecule has 1 aromatic rings.